The van der Waals surface area contributed by atoms with Crippen LogP contribution < -0.4 is 0 Å². The number of rotatable bonds is 1. The number of alkyl halides is 3. The Balaban J connectivity index is 2.26. The van der Waals surface area contributed by atoms with Crippen LogP contribution in [-0.2, 0) is 10.9 Å². The van der Waals surface area contributed by atoms with E-state index >= 15 is 0 Å². The summed E-state index contributed by atoms with van der Waals surface area (Å²) >= 11 is 2.82. The van der Waals surface area contributed by atoms with Gasteiger partial charge in [0.15, 0.2) is 6.10 Å². The van der Waals surface area contributed by atoms with Crippen molar-refractivity contribution >= 4 is 21.8 Å². The summed E-state index contributed by atoms with van der Waals surface area (Å²) in [7, 11) is 0. The summed E-state index contributed by atoms with van der Waals surface area (Å²) in [5.41, 5.74) is -0.970. The molecule has 1 heterocycles. The molecule has 1 aromatic rings. The molecule has 4 nitrogen and oxygen atoms in total. The average molecular weight is 363 g/mol. The molecule has 21 heavy (non-hydrogen) atoms. The van der Waals surface area contributed by atoms with Gasteiger partial charge in [-0.1, -0.05) is 15.9 Å². The smallest absolute Gasteiger partial charge is 0.360 e. The monoisotopic (exact) mass is 362 g/mol. The highest BCUT2D eigenvalue weighted by Crippen LogP contribution is 2.35. The van der Waals surface area contributed by atoms with E-state index in [1.54, 1.807) is 0 Å². The molecule has 0 aromatic heterocycles. The lowest BCUT2D eigenvalue weighted by Crippen LogP contribution is -2.45. The van der Waals surface area contributed by atoms with Crippen molar-refractivity contribution in [2.45, 2.75) is 12.3 Å². The van der Waals surface area contributed by atoms with Crippen LogP contribution in [0.2, 0.25) is 0 Å². The first-order chi connectivity index (χ1) is 9.82. The lowest BCUT2D eigenvalue weighted by Gasteiger charge is -2.30. The van der Waals surface area contributed by atoms with Gasteiger partial charge in [0.1, 0.15) is 0 Å². The van der Waals surface area contributed by atoms with Gasteiger partial charge in [0.2, 0.25) is 0 Å². The first-order valence-electron chi connectivity index (χ1n) is 6.00. The van der Waals surface area contributed by atoms with Gasteiger partial charge in [-0.2, -0.15) is 18.4 Å². The molecule has 1 aromatic carbocycles. The van der Waals surface area contributed by atoms with Crippen molar-refractivity contribution in [3.05, 3.63) is 33.8 Å². The van der Waals surface area contributed by atoms with Crippen LogP contribution in [0.1, 0.15) is 15.9 Å². The molecular formula is C13H10BrF3N2O2. The van der Waals surface area contributed by atoms with E-state index in [4.69, 9.17) is 10.00 Å². The topological polar surface area (TPSA) is 53.3 Å². The number of hydrogen-bond acceptors (Lipinski definition) is 3. The third kappa shape index (κ3) is 3.54. The van der Waals surface area contributed by atoms with Crippen LogP contribution in [-0.4, -0.2) is 36.6 Å². The lowest BCUT2D eigenvalue weighted by molar-refractivity contribution is -0.138. The number of carbonyl (C=O) groups excluding carboxylic acids is 1. The van der Waals surface area contributed by atoms with Crippen LogP contribution in [0.3, 0.4) is 0 Å². The molecule has 8 heteroatoms. The van der Waals surface area contributed by atoms with Crippen molar-refractivity contribution in [2.24, 2.45) is 0 Å². The van der Waals surface area contributed by atoms with Crippen LogP contribution in [0.15, 0.2) is 22.7 Å². The summed E-state index contributed by atoms with van der Waals surface area (Å²) < 4.78 is 43.5. The van der Waals surface area contributed by atoms with Crippen LogP contribution in [0.5, 0.6) is 0 Å². The molecule has 2 rings (SSSR count). The highest BCUT2D eigenvalue weighted by Gasteiger charge is 2.34. The Morgan fingerprint density at radius 2 is 2.19 bits per heavy atom. The molecule has 1 aliphatic heterocycles. The van der Waals surface area contributed by atoms with Gasteiger partial charge in [0.05, 0.1) is 24.8 Å². The zero-order valence-electron chi connectivity index (χ0n) is 10.7. The van der Waals surface area contributed by atoms with Gasteiger partial charge in [-0.05, 0) is 18.2 Å². The number of benzene rings is 1. The van der Waals surface area contributed by atoms with Gasteiger partial charge in [-0.3, -0.25) is 4.79 Å². The summed E-state index contributed by atoms with van der Waals surface area (Å²) in [4.78, 5) is 13.6. The number of carbonyl (C=O) groups is 1. The summed E-state index contributed by atoms with van der Waals surface area (Å²) in [6.45, 7) is 0.480. The molecule has 1 unspecified atom stereocenters. The second-order valence-corrected chi connectivity index (χ2v) is 5.29. The lowest BCUT2D eigenvalue weighted by atomic mass is 10.1. The zero-order chi connectivity index (χ0) is 15.6. The molecule has 0 bridgehead atoms. The minimum Gasteiger partial charge on any atom is -0.360 e. The zero-order valence-corrected chi connectivity index (χ0v) is 12.2. The van der Waals surface area contributed by atoms with E-state index in [2.05, 4.69) is 15.9 Å². The molecule has 0 radical (unpaired) electrons. The second-order valence-electron chi connectivity index (χ2n) is 4.43. The number of ether oxygens (including phenoxy) is 1. The highest BCUT2D eigenvalue weighted by atomic mass is 79.9. The summed E-state index contributed by atoms with van der Waals surface area (Å²) in [5.74, 6) is -0.545. The van der Waals surface area contributed by atoms with E-state index in [1.807, 2.05) is 6.07 Å². The molecule has 1 aliphatic rings. The predicted molar refractivity (Wildman–Crippen MR) is 70.4 cm³/mol. The van der Waals surface area contributed by atoms with Gasteiger partial charge in [0.25, 0.3) is 5.91 Å². The van der Waals surface area contributed by atoms with Gasteiger partial charge >= 0.3 is 6.18 Å². The first-order valence-corrected chi connectivity index (χ1v) is 6.79. The minimum absolute atomic E-state index is 0.0484. The van der Waals surface area contributed by atoms with Crippen LogP contribution in [0, 0.1) is 11.3 Å². The molecule has 1 fully saturated rings. The van der Waals surface area contributed by atoms with Crippen molar-refractivity contribution in [3.63, 3.8) is 0 Å². The Hall–Kier alpha value is -1.59. The van der Waals surface area contributed by atoms with Crippen LogP contribution >= 0.6 is 15.9 Å². The van der Waals surface area contributed by atoms with Gasteiger partial charge < -0.3 is 9.64 Å². The van der Waals surface area contributed by atoms with E-state index in [9.17, 15) is 18.0 Å². The second kappa shape index (κ2) is 6.03. The fourth-order valence-electron chi connectivity index (χ4n) is 1.97. The predicted octanol–water partition coefficient (Wildman–Crippen LogP) is 2.83. The van der Waals surface area contributed by atoms with Crippen molar-refractivity contribution in [1.82, 2.24) is 4.90 Å². The Morgan fingerprint density at radius 1 is 1.48 bits per heavy atom. The summed E-state index contributed by atoms with van der Waals surface area (Å²) in [6, 6.07) is 5.20. The minimum atomic E-state index is -4.55. The normalized spacial score (nSPS) is 19.2. The van der Waals surface area contributed by atoms with Crippen LogP contribution in [0.4, 0.5) is 13.2 Å². The molecule has 0 aliphatic carbocycles. The van der Waals surface area contributed by atoms with Gasteiger partial charge in [-0.15, -0.1) is 0 Å². The molecule has 0 saturated carbocycles. The maximum atomic E-state index is 12.8. The Labute approximate surface area is 127 Å². The number of amides is 1. The number of hydrogen-bond donors (Lipinski definition) is 0. The quantitative estimate of drug-likeness (QED) is 0.771. The fourth-order valence-corrected chi connectivity index (χ4v) is 2.44. The van der Waals surface area contributed by atoms with E-state index < -0.39 is 23.8 Å². The number of morpholine rings is 1. The standard InChI is InChI=1S/C13H10BrF3N2O2/c14-11-2-1-8(5-10(11)13(15,16)17)12(20)19-3-4-21-9(6-18)7-19/h1-2,5,9H,3-4,7H2. The third-order valence-corrected chi connectivity index (χ3v) is 3.71. The van der Waals surface area contributed by atoms with E-state index in [1.165, 1.54) is 17.0 Å². The Bertz CT molecular complexity index is 598. The van der Waals surface area contributed by atoms with Gasteiger partial charge in [-0.25, -0.2) is 0 Å². The molecule has 0 N–H and O–H groups in total. The van der Waals surface area contributed by atoms with Crippen molar-refractivity contribution < 1.29 is 22.7 Å². The van der Waals surface area contributed by atoms with E-state index in [0.29, 0.717) is 0 Å². The average Bonchev–Trinajstić information content (AvgIpc) is 2.46. The fraction of sp³-hybridized carbons (Fsp3) is 0.385. The molecule has 1 saturated heterocycles. The SMILES string of the molecule is N#CC1CN(C(=O)c2ccc(Br)c(C(F)(F)F)c2)CCO1. The van der Waals surface area contributed by atoms with Crippen molar-refractivity contribution in [3.8, 4) is 6.07 Å². The van der Waals surface area contributed by atoms with E-state index in [0.717, 1.165) is 6.07 Å². The molecule has 0 spiro atoms. The van der Waals surface area contributed by atoms with E-state index in [-0.39, 0.29) is 29.7 Å². The summed E-state index contributed by atoms with van der Waals surface area (Å²) in [6.07, 6.45) is -5.30. The number of halogens is 4. The molecular weight excluding hydrogens is 353 g/mol. The molecule has 1 amide bonds. The number of nitriles is 1. The first kappa shape index (κ1) is 15.8. The Kier molecular flexibility index (Phi) is 4.54. The third-order valence-electron chi connectivity index (χ3n) is 3.02. The maximum Gasteiger partial charge on any atom is 0.417 e. The van der Waals surface area contributed by atoms with Crippen molar-refractivity contribution in [2.75, 3.05) is 19.7 Å². The maximum absolute atomic E-state index is 12.8. The number of nitrogens with zero attached hydrogens (tertiary/aromatic N) is 2. The van der Waals surface area contributed by atoms with Gasteiger partial charge in [0, 0.05) is 16.6 Å². The summed E-state index contributed by atoms with van der Waals surface area (Å²) in [5, 5.41) is 8.78. The Morgan fingerprint density at radius 3 is 2.81 bits per heavy atom. The molecule has 112 valence electrons. The van der Waals surface area contributed by atoms with Crippen LogP contribution in [0.25, 0.3) is 0 Å². The largest absolute Gasteiger partial charge is 0.417 e. The highest BCUT2D eigenvalue weighted by molar-refractivity contribution is 9.10. The van der Waals surface area contributed by atoms with Crippen molar-refractivity contribution in [1.29, 1.82) is 5.26 Å². The molecule has 1 atom stereocenters.